The van der Waals surface area contributed by atoms with E-state index in [1.165, 1.54) is 7.11 Å². The van der Waals surface area contributed by atoms with Gasteiger partial charge in [0.25, 0.3) is 0 Å². The molecule has 1 fully saturated rings. The van der Waals surface area contributed by atoms with Gasteiger partial charge in [0.1, 0.15) is 0 Å². The first-order valence-corrected chi connectivity index (χ1v) is 7.10. The van der Waals surface area contributed by atoms with Crippen LogP contribution in [-0.4, -0.2) is 37.0 Å². The quantitative estimate of drug-likeness (QED) is 0.824. The Bertz CT molecular complexity index is 544. The first-order chi connectivity index (χ1) is 9.94. The lowest BCUT2D eigenvalue weighted by Crippen LogP contribution is -2.37. The molecule has 0 aromatic heterocycles. The second-order valence-corrected chi connectivity index (χ2v) is 5.91. The van der Waals surface area contributed by atoms with Crippen LogP contribution < -0.4 is 5.73 Å². The minimum absolute atomic E-state index is 0.243. The Labute approximate surface area is 125 Å². The zero-order valence-corrected chi connectivity index (χ0v) is 12.6. The van der Waals surface area contributed by atoms with E-state index in [4.69, 9.17) is 10.5 Å². The molecule has 114 valence electrons. The number of hydrogen-bond acceptors (Lipinski definition) is 4. The van der Waals surface area contributed by atoms with E-state index in [-0.39, 0.29) is 18.3 Å². The molecule has 2 N–H and O–H groups in total. The van der Waals surface area contributed by atoms with E-state index in [0.717, 1.165) is 30.6 Å². The number of primary amides is 1. The molecule has 21 heavy (non-hydrogen) atoms. The van der Waals surface area contributed by atoms with Crippen LogP contribution in [0.3, 0.4) is 0 Å². The van der Waals surface area contributed by atoms with Crippen LogP contribution in [0.2, 0.25) is 0 Å². The fourth-order valence-corrected chi connectivity index (χ4v) is 2.75. The normalized spacial score (nSPS) is 22.2. The van der Waals surface area contributed by atoms with Gasteiger partial charge < -0.3 is 10.5 Å². The standard InChI is InChI=1S/C16H22N2O3/c1-16(15(17)20)7-8-18(11-16)10-13-6-4-3-5-12(13)9-14(19)21-2/h3-6H,7-11H2,1-2H3,(H2,17,20). The van der Waals surface area contributed by atoms with E-state index < -0.39 is 5.41 Å². The number of likely N-dealkylation sites (tertiary alicyclic amines) is 1. The molecule has 1 aromatic rings. The first kappa shape index (κ1) is 15.5. The van der Waals surface area contributed by atoms with Gasteiger partial charge in [-0.3, -0.25) is 14.5 Å². The van der Waals surface area contributed by atoms with E-state index in [2.05, 4.69) is 4.90 Å². The van der Waals surface area contributed by atoms with Crippen molar-refractivity contribution in [3.63, 3.8) is 0 Å². The Balaban J connectivity index is 2.07. The van der Waals surface area contributed by atoms with E-state index in [9.17, 15) is 9.59 Å². The molecule has 1 unspecified atom stereocenters. The highest BCUT2D eigenvalue weighted by Gasteiger charge is 2.38. The average Bonchev–Trinajstić information content (AvgIpc) is 2.84. The number of nitrogens with zero attached hydrogens (tertiary/aromatic N) is 1. The molecule has 0 saturated carbocycles. The number of ether oxygens (including phenoxy) is 1. The maximum atomic E-state index is 11.5. The molecule has 1 atom stereocenters. The van der Waals surface area contributed by atoms with Gasteiger partial charge in [-0.15, -0.1) is 0 Å². The molecule has 1 aliphatic rings. The molecule has 5 heteroatoms. The lowest BCUT2D eigenvalue weighted by molar-refractivity contribution is -0.139. The number of carbonyl (C=O) groups excluding carboxylic acids is 2. The third kappa shape index (κ3) is 3.61. The smallest absolute Gasteiger partial charge is 0.309 e. The van der Waals surface area contributed by atoms with Gasteiger partial charge in [0, 0.05) is 13.1 Å². The minimum Gasteiger partial charge on any atom is -0.469 e. The molecular formula is C16H22N2O3. The van der Waals surface area contributed by atoms with Crippen LogP contribution in [0.5, 0.6) is 0 Å². The van der Waals surface area contributed by atoms with Gasteiger partial charge in [0.05, 0.1) is 18.9 Å². The minimum atomic E-state index is -0.447. The number of benzene rings is 1. The lowest BCUT2D eigenvalue weighted by Gasteiger charge is -2.22. The van der Waals surface area contributed by atoms with Crippen molar-refractivity contribution >= 4 is 11.9 Å². The van der Waals surface area contributed by atoms with Crippen LogP contribution >= 0.6 is 0 Å². The van der Waals surface area contributed by atoms with E-state index in [1.54, 1.807) is 0 Å². The van der Waals surface area contributed by atoms with Crippen LogP contribution in [-0.2, 0) is 27.3 Å². The summed E-state index contributed by atoms with van der Waals surface area (Å²) in [6, 6.07) is 7.83. The molecule has 0 aliphatic carbocycles. The summed E-state index contributed by atoms with van der Waals surface area (Å²) in [5.74, 6) is -0.487. The summed E-state index contributed by atoms with van der Waals surface area (Å²) < 4.78 is 4.73. The van der Waals surface area contributed by atoms with Crippen LogP contribution in [0.1, 0.15) is 24.5 Å². The van der Waals surface area contributed by atoms with Crippen molar-refractivity contribution in [3.05, 3.63) is 35.4 Å². The first-order valence-electron chi connectivity index (χ1n) is 7.10. The predicted octanol–water partition coefficient (Wildman–Crippen LogP) is 1.10. The molecular weight excluding hydrogens is 268 g/mol. The number of nitrogens with two attached hydrogens (primary N) is 1. The third-order valence-corrected chi connectivity index (χ3v) is 4.22. The van der Waals surface area contributed by atoms with Crippen molar-refractivity contribution in [2.24, 2.45) is 11.1 Å². The Kier molecular flexibility index (Phi) is 4.63. The summed E-state index contributed by atoms with van der Waals surface area (Å²) >= 11 is 0. The van der Waals surface area contributed by atoms with Gasteiger partial charge >= 0.3 is 5.97 Å². The van der Waals surface area contributed by atoms with E-state index >= 15 is 0 Å². The van der Waals surface area contributed by atoms with E-state index in [1.807, 2.05) is 31.2 Å². The number of amides is 1. The number of hydrogen-bond donors (Lipinski definition) is 1. The van der Waals surface area contributed by atoms with Crippen molar-refractivity contribution in [2.45, 2.75) is 26.3 Å². The second kappa shape index (κ2) is 6.26. The summed E-state index contributed by atoms with van der Waals surface area (Å²) in [4.78, 5) is 25.2. The zero-order chi connectivity index (χ0) is 15.5. The third-order valence-electron chi connectivity index (χ3n) is 4.22. The number of methoxy groups -OCH3 is 1. The molecule has 1 aromatic carbocycles. The molecule has 0 bridgehead atoms. The van der Waals surface area contributed by atoms with E-state index in [0.29, 0.717) is 6.54 Å². The van der Waals surface area contributed by atoms with Crippen LogP contribution in [0.4, 0.5) is 0 Å². The highest BCUT2D eigenvalue weighted by Crippen LogP contribution is 2.30. The Morgan fingerprint density at radius 2 is 2.00 bits per heavy atom. The summed E-state index contributed by atoms with van der Waals surface area (Å²) in [7, 11) is 1.39. The molecule has 1 aliphatic heterocycles. The molecule has 2 rings (SSSR count). The summed E-state index contributed by atoms with van der Waals surface area (Å²) in [5, 5.41) is 0. The fourth-order valence-electron chi connectivity index (χ4n) is 2.75. The largest absolute Gasteiger partial charge is 0.469 e. The van der Waals surface area contributed by atoms with Crippen molar-refractivity contribution in [1.29, 1.82) is 0 Å². The van der Waals surface area contributed by atoms with Crippen molar-refractivity contribution in [2.75, 3.05) is 20.2 Å². The Morgan fingerprint density at radius 3 is 2.57 bits per heavy atom. The van der Waals surface area contributed by atoms with Crippen molar-refractivity contribution < 1.29 is 14.3 Å². The van der Waals surface area contributed by atoms with Crippen LogP contribution in [0, 0.1) is 5.41 Å². The predicted molar refractivity (Wildman–Crippen MR) is 79.4 cm³/mol. The van der Waals surface area contributed by atoms with Gasteiger partial charge in [0.2, 0.25) is 5.91 Å². The summed E-state index contributed by atoms with van der Waals surface area (Å²) in [5.41, 5.74) is 7.09. The van der Waals surface area contributed by atoms with Crippen molar-refractivity contribution in [3.8, 4) is 0 Å². The van der Waals surface area contributed by atoms with Gasteiger partial charge in [-0.2, -0.15) is 0 Å². The SMILES string of the molecule is COC(=O)Cc1ccccc1CN1CCC(C)(C(N)=O)C1. The van der Waals surface area contributed by atoms with Gasteiger partial charge in [0.15, 0.2) is 0 Å². The fraction of sp³-hybridized carbons (Fsp3) is 0.500. The molecule has 0 spiro atoms. The maximum absolute atomic E-state index is 11.5. The average molecular weight is 290 g/mol. The van der Waals surface area contributed by atoms with Crippen molar-refractivity contribution in [1.82, 2.24) is 4.90 Å². The molecule has 1 saturated heterocycles. The number of carbonyl (C=O) groups is 2. The van der Waals surface area contributed by atoms with Crippen LogP contribution in [0.15, 0.2) is 24.3 Å². The van der Waals surface area contributed by atoms with Gasteiger partial charge in [-0.25, -0.2) is 0 Å². The zero-order valence-electron chi connectivity index (χ0n) is 12.6. The molecule has 0 radical (unpaired) electrons. The Morgan fingerprint density at radius 1 is 1.33 bits per heavy atom. The lowest BCUT2D eigenvalue weighted by atomic mass is 9.89. The van der Waals surface area contributed by atoms with Crippen LogP contribution in [0.25, 0.3) is 0 Å². The number of rotatable bonds is 5. The monoisotopic (exact) mass is 290 g/mol. The topological polar surface area (TPSA) is 72.6 Å². The molecule has 5 nitrogen and oxygen atoms in total. The molecule has 1 heterocycles. The number of esters is 1. The summed E-state index contributed by atoms with van der Waals surface area (Å²) in [6.45, 7) is 4.13. The van der Waals surface area contributed by atoms with Gasteiger partial charge in [-0.1, -0.05) is 24.3 Å². The summed E-state index contributed by atoms with van der Waals surface area (Å²) in [6.07, 6.45) is 1.05. The highest BCUT2D eigenvalue weighted by molar-refractivity contribution is 5.81. The second-order valence-electron chi connectivity index (χ2n) is 5.91. The molecule has 1 amide bonds. The maximum Gasteiger partial charge on any atom is 0.309 e. The highest BCUT2D eigenvalue weighted by atomic mass is 16.5. The van der Waals surface area contributed by atoms with Gasteiger partial charge in [-0.05, 0) is 31.0 Å². The Hall–Kier alpha value is -1.88.